The minimum atomic E-state index is -4.65. The number of carbonyl (C=O) groups excluding carboxylic acids is 1. The van der Waals surface area contributed by atoms with Crippen molar-refractivity contribution in [1.82, 2.24) is 0 Å². The summed E-state index contributed by atoms with van der Waals surface area (Å²) in [7, 11) is 1.11. The SMILES string of the molecule is COC(=O)C(SC(F)(F)F)=P(c1ccccc1)(c1ccccc1)c1ccccc1. The van der Waals surface area contributed by atoms with E-state index in [1.165, 1.54) is 0 Å². The molecule has 150 valence electrons. The highest BCUT2D eigenvalue weighted by Crippen LogP contribution is 2.51. The van der Waals surface area contributed by atoms with E-state index in [0.29, 0.717) is 15.9 Å². The van der Waals surface area contributed by atoms with Crippen LogP contribution in [0.1, 0.15) is 0 Å². The summed E-state index contributed by atoms with van der Waals surface area (Å²) in [6.45, 7) is -3.15. The molecule has 0 saturated carbocycles. The quantitative estimate of drug-likeness (QED) is 0.436. The third-order valence-electron chi connectivity index (χ3n) is 4.31. The Kier molecular flexibility index (Phi) is 6.56. The minimum Gasteiger partial charge on any atom is -0.465 e. The van der Waals surface area contributed by atoms with Crippen LogP contribution in [0.4, 0.5) is 13.2 Å². The number of halogens is 3. The first-order valence-electron chi connectivity index (χ1n) is 8.67. The van der Waals surface area contributed by atoms with Gasteiger partial charge in [-0.05, 0) is 34.6 Å². The van der Waals surface area contributed by atoms with Crippen molar-refractivity contribution in [3.05, 3.63) is 91.0 Å². The number of methoxy groups -OCH3 is 1. The van der Waals surface area contributed by atoms with E-state index >= 15 is 0 Å². The first kappa shape index (κ1) is 21.3. The van der Waals surface area contributed by atoms with Crippen LogP contribution >= 0.6 is 18.6 Å². The van der Waals surface area contributed by atoms with Gasteiger partial charge in [-0.15, -0.1) is 0 Å². The molecule has 0 aliphatic heterocycles. The Hall–Kier alpha value is -2.43. The number of ether oxygens (including phenoxy) is 1. The summed E-state index contributed by atoms with van der Waals surface area (Å²) in [5, 5.41) is 1.94. The molecule has 0 bridgehead atoms. The van der Waals surface area contributed by atoms with Gasteiger partial charge in [0.15, 0.2) is 0 Å². The Morgan fingerprint density at radius 3 is 1.38 bits per heavy atom. The van der Waals surface area contributed by atoms with E-state index in [-0.39, 0.29) is 16.4 Å². The third-order valence-corrected chi connectivity index (χ3v) is 10.0. The fraction of sp³-hybridized carbons (Fsp3) is 0.0909. The van der Waals surface area contributed by atoms with E-state index in [0.717, 1.165) is 7.11 Å². The molecule has 7 heteroatoms. The molecule has 0 spiro atoms. The van der Waals surface area contributed by atoms with Gasteiger partial charge in [0.25, 0.3) is 0 Å². The first-order chi connectivity index (χ1) is 13.9. The lowest BCUT2D eigenvalue weighted by molar-refractivity contribution is -0.132. The summed E-state index contributed by atoms with van der Waals surface area (Å²) in [6.07, 6.45) is 0. The predicted octanol–water partition coefficient (Wildman–Crippen LogP) is 4.54. The molecule has 0 radical (unpaired) electrons. The van der Waals surface area contributed by atoms with E-state index in [4.69, 9.17) is 4.74 Å². The van der Waals surface area contributed by atoms with Gasteiger partial charge in [-0.3, -0.25) is 0 Å². The third kappa shape index (κ3) is 4.44. The van der Waals surface area contributed by atoms with Gasteiger partial charge in [0.2, 0.25) is 0 Å². The monoisotopic (exact) mass is 434 g/mol. The van der Waals surface area contributed by atoms with Crippen LogP contribution in [0.5, 0.6) is 0 Å². The average molecular weight is 434 g/mol. The molecule has 0 N–H and O–H groups in total. The number of benzene rings is 3. The Labute approximate surface area is 171 Å². The fourth-order valence-corrected chi connectivity index (χ4v) is 9.21. The van der Waals surface area contributed by atoms with E-state index in [2.05, 4.69) is 0 Å². The zero-order valence-electron chi connectivity index (χ0n) is 15.5. The first-order valence-corrected chi connectivity index (χ1v) is 11.3. The molecule has 0 aliphatic carbocycles. The number of rotatable bonds is 5. The second-order valence-corrected chi connectivity index (χ2v) is 10.7. The van der Waals surface area contributed by atoms with Gasteiger partial charge in [-0.25, -0.2) is 4.79 Å². The highest BCUT2D eigenvalue weighted by atomic mass is 32.2. The lowest BCUT2D eigenvalue weighted by atomic mass is 10.4. The molecule has 0 heterocycles. The van der Waals surface area contributed by atoms with Crippen LogP contribution in [0, 0.1) is 0 Å². The smallest absolute Gasteiger partial charge is 0.446 e. The molecule has 0 fully saturated rings. The average Bonchev–Trinajstić information content (AvgIpc) is 2.74. The van der Waals surface area contributed by atoms with Crippen LogP contribution < -0.4 is 15.9 Å². The zero-order valence-corrected chi connectivity index (χ0v) is 17.2. The summed E-state index contributed by atoms with van der Waals surface area (Å²) < 4.78 is 45.4. The molecule has 3 rings (SSSR count). The van der Waals surface area contributed by atoms with Crippen molar-refractivity contribution in [3.8, 4) is 0 Å². The summed E-state index contributed by atoms with van der Waals surface area (Å²) in [5.41, 5.74) is -4.65. The van der Waals surface area contributed by atoms with Crippen molar-refractivity contribution in [2.45, 2.75) is 5.51 Å². The second-order valence-electron chi connectivity index (χ2n) is 6.02. The summed E-state index contributed by atoms with van der Waals surface area (Å²) in [5.74, 6) is -0.975. The maximum atomic E-state index is 13.6. The standard InChI is InChI=1S/C22H18F3O2PS/c1-27-20(26)21(29-22(23,24)25)28(17-11-5-2-6-12-17,18-13-7-3-8-14-18)19-15-9-4-10-16-19/h2-16H,1H3. The topological polar surface area (TPSA) is 26.3 Å². The summed E-state index contributed by atoms with van der Waals surface area (Å²) >= 11 is -0.382. The van der Waals surface area contributed by atoms with E-state index in [9.17, 15) is 18.0 Å². The lowest BCUT2D eigenvalue weighted by Gasteiger charge is -2.31. The van der Waals surface area contributed by atoms with Gasteiger partial charge in [0, 0.05) is 0 Å². The zero-order chi connectivity index (χ0) is 20.9. The van der Waals surface area contributed by atoms with Crippen LogP contribution in [-0.2, 0) is 9.53 Å². The number of hydrogen-bond acceptors (Lipinski definition) is 3. The number of thioether (sulfide) groups is 1. The molecule has 3 aromatic rings. The van der Waals surface area contributed by atoms with E-state index < -0.39 is 18.4 Å². The fourth-order valence-electron chi connectivity index (χ4n) is 3.20. The number of hydrogen-bond donors (Lipinski definition) is 0. The molecular formula is C22H18F3O2PS. The molecule has 0 unspecified atom stereocenters. The van der Waals surface area contributed by atoms with Gasteiger partial charge < -0.3 is 4.74 Å². The van der Waals surface area contributed by atoms with Gasteiger partial charge in [0.1, 0.15) is 4.63 Å². The molecule has 0 saturated heterocycles. The largest absolute Gasteiger partial charge is 0.465 e. The van der Waals surface area contributed by atoms with Crippen molar-refractivity contribution < 1.29 is 22.7 Å². The van der Waals surface area contributed by atoms with Gasteiger partial charge in [-0.1, -0.05) is 91.0 Å². The van der Waals surface area contributed by atoms with Crippen LogP contribution in [0.15, 0.2) is 91.0 Å². The molecule has 0 atom stereocenters. The maximum Gasteiger partial charge on any atom is 0.446 e. The van der Waals surface area contributed by atoms with E-state index in [1.807, 2.05) is 0 Å². The molecule has 29 heavy (non-hydrogen) atoms. The van der Waals surface area contributed by atoms with Crippen molar-refractivity contribution in [2.75, 3.05) is 7.11 Å². The van der Waals surface area contributed by atoms with Crippen LogP contribution in [-0.4, -0.2) is 23.2 Å². The highest BCUT2D eigenvalue weighted by Gasteiger charge is 2.41. The van der Waals surface area contributed by atoms with Gasteiger partial charge in [-0.2, -0.15) is 13.2 Å². The highest BCUT2D eigenvalue weighted by molar-refractivity contribution is 8.27. The van der Waals surface area contributed by atoms with Crippen molar-refractivity contribution in [3.63, 3.8) is 0 Å². The predicted molar refractivity (Wildman–Crippen MR) is 116 cm³/mol. The normalized spacial score (nSPS) is 11.7. The van der Waals surface area contributed by atoms with Crippen molar-refractivity contribution in [2.24, 2.45) is 0 Å². The Morgan fingerprint density at radius 2 is 1.10 bits per heavy atom. The molecule has 0 aromatic heterocycles. The minimum absolute atomic E-state index is 0.351. The number of carbonyl (C=O) groups is 1. The Balaban J connectivity index is 2.59. The second kappa shape index (κ2) is 8.93. The van der Waals surface area contributed by atoms with Crippen LogP contribution in [0.25, 0.3) is 0 Å². The lowest BCUT2D eigenvalue weighted by Crippen LogP contribution is -2.34. The molecule has 2 nitrogen and oxygen atoms in total. The Bertz CT molecular complexity index is 917. The Morgan fingerprint density at radius 1 is 0.759 bits per heavy atom. The van der Waals surface area contributed by atoms with Crippen LogP contribution in [0.3, 0.4) is 0 Å². The number of alkyl halides is 3. The van der Waals surface area contributed by atoms with Gasteiger partial charge >= 0.3 is 11.5 Å². The van der Waals surface area contributed by atoms with Crippen molar-refractivity contribution in [1.29, 1.82) is 0 Å². The number of esters is 1. The maximum absolute atomic E-state index is 13.6. The molecule has 0 aliphatic rings. The summed E-state index contributed by atoms with van der Waals surface area (Å²) in [6, 6.07) is 26.6. The van der Waals surface area contributed by atoms with Crippen molar-refractivity contribution >= 4 is 45.2 Å². The van der Waals surface area contributed by atoms with Crippen LogP contribution in [0.2, 0.25) is 0 Å². The molecule has 3 aromatic carbocycles. The molecular weight excluding hydrogens is 416 g/mol. The van der Waals surface area contributed by atoms with Gasteiger partial charge in [0.05, 0.1) is 7.11 Å². The van der Waals surface area contributed by atoms with E-state index in [1.54, 1.807) is 91.0 Å². The molecule has 0 amide bonds. The summed E-state index contributed by atoms with van der Waals surface area (Å²) in [4.78, 5) is 12.8.